The Kier molecular flexibility index (Phi) is 5.58. The van der Waals surface area contributed by atoms with E-state index in [-0.39, 0.29) is 29.8 Å². The Morgan fingerprint density at radius 3 is 2.39 bits per heavy atom. The molecule has 5 nitrogen and oxygen atoms in total. The van der Waals surface area contributed by atoms with Gasteiger partial charge in [-0.25, -0.2) is 13.1 Å². The van der Waals surface area contributed by atoms with Gasteiger partial charge in [0.05, 0.1) is 4.90 Å². The molecule has 0 unspecified atom stereocenters. The number of hydrogen-bond donors (Lipinski definition) is 2. The van der Waals surface area contributed by atoms with Crippen molar-refractivity contribution in [3.8, 4) is 0 Å². The number of aryl methyl sites for hydroxylation is 1. The summed E-state index contributed by atoms with van der Waals surface area (Å²) in [7, 11) is -3.52. The summed E-state index contributed by atoms with van der Waals surface area (Å²) < 4.78 is 26.0. The fraction of sp³-hybridized carbons (Fsp3) is 0.364. The Labute approximate surface area is 112 Å². The third-order valence-corrected chi connectivity index (χ3v) is 3.91. The van der Waals surface area contributed by atoms with Crippen molar-refractivity contribution >= 4 is 27.5 Å². The predicted octanol–water partition coefficient (Wildman–Crippen LogP) is 0.628. The first-order chi connectivity index (χ1) is 8.45. The van der Waals surface area contributed by atoms with Crippen LogP contribution in [-0.4, -0.2) is 33.3 Å². The van der Waals surface area contributed by atoms with Crippen LogP contribution in [0.5, 0.6) is 0 Å². The molecule has 7 heteroatoms. The molecule has 0 fully saturated rings. The molecular weight excluding hydrogens is 276 g/mol. The first-order valence-corrected chi connectivity index (χ1v) is 7.36. The zero-order chi connectivity index (χ0) is 13.6. The second-order valence-electron chi connectivity index (χ2n) is 3.69. The number of sulfonamides is 1. The third-order valence-electron chi connectivity index (χ3n) is 2.19. The van der Waals surface area contributed by atoms with E-state index in [2.05, 4.69) is 10.0 Å². The zero-order valence-corrected chi connectivity index (χ0v) is 11.5. The van der Waals surface area contributed by atoms with Crippen molar-refractivity contribution in [2.75, 3.05) is 19.0 Å². The van der Waals surface area contributed by atoms with E-state index < -0.39 is 10.0 Å². The molecule has 2 N–H and O–H groups in total. The Balaban J connectivity index is 2.50. The molecule has 0 spiro atoms. The normalized spacial score (nSPS) is 11.2. The van der Waals surface area contributed by atoms with Crippen LogP contribution in [-0.2, 0) is 14.8 Å². The van der Waals surface area contributed by atoms with Gasteiger partial charge in [0.15, 0.2) is 0 Å². The molecule has 1 amide bonds. The molecule has 0 bridgehead atoms. The van der Waals surface area contributed by atoms with Gasteiger partial charge in [-0.15, -0.1) is 11.6 Å². The number of benzene rings is 1. The topological polar surface area (TPSA) is 75.3 Å². The van der Waals surface area contributed by atoms with Crippen molar-refractivity contribution in [2.45, 2.75) is 11.8 Å². The van der Waals surface area contributed by atoms with Gasteiger partial charge >= 0.3 is 0 Å². The lowest BCUT2D eigenvalue weighted by atomic mass is 10.2. The Hall–Kier alpha value is -1.11. The van der Waals surface area contributed by atoms with Crippen LogP contribution in [0.4, 0.5) is 0 Å². The molecule has 18 heavy (non-hydrogen) atoms. The minimum atomic E-state index is -3.52. The second-order valence-corrected chi connectivity index (χ2v) is 5.73. The standard InChI is InChI=1S/C11H15ClN2O3S/c1-9-2-4-10(5-3-9)18(16,17)14-7-6-13-11(15)8-12/h2-5,14H,6-8H2,1H3,(H,13,15). The molecule has 0 aromatic heterocycles. The molecule has 0 saturated carbocycles. The summed E-state index contributed by atoms with van der Waals surface area (Å²) in [6.07, 6.45) is 0. The van der Waals surface area contributed by atoms with E-state index in [4.69, 9.17) is 11.6 Å². The number of carbonyl (C=O) groups is 1. The van der Waals surface area contributed by atoms with E-state index in [0.29, 0.717) is 0 Å². The van der Waals surface area contributed by atoms with Gasteiger partial charge in [-0.3, -0.25) is 4.79 Å². The number of rotatable bonds is 6. The summed E-state index contributed by atoms with van der Waals surface area (Å²) in [5.41, 5.74) is 0.989. The van der Waals surface area contributed by atoms with Crippen LogP contribution in [0.25, 0.3) is 0 Å². The summed E-state index contributed by atoms with van der Waals surface area (Å²) in [5.74, 6) is -0.462. The zero-order valence-electron chi connectivity index (χ0n) is 9.94. The third kappa shape index (κ3) is 4.64. The molecule has 100 valence electrons. The molecule has 0 atom stereocenters. The number of carbonyl (C=O) groups excluding carboxylic acids is 1. The van der Waals surface area contributed by atoms with Crippen molar-refractivity contribution in [2.24, 2.45) is 0 Å². The minimum absolute atomic E-state index is 0.124. The highest BCUT2D eigenvalue weighted by Crippen LogP contribution is 2.09. The van der Waals surface area contributed by atoms with Gasteiger partial charge in [0, 0.05) is 13.1 Å². The van der Waals surface area contributed by atoms with Gasteiger partial charge in [0.2, 0.25) is 15.9 Å². The lowest BCUT2D eigenvalue weighted by Crippen LogP contribution is -2.35. The summed E-state index contributed by atoms with van der Waals surface area (Å²) in [6.45, 7) is 2.21. The highest BCUT2D eigenvalue weighted by atomic mass is 35.5. The van der Waals surface area contributed by atoms with Gasteiger partial charge in [0.25, 0.3) is 0 Å². The van der Waals surface area contributed by atoms with E-state index in [0.717, 1.165) is 5.56 Å². The summed E-state index contributed by atoms with van der Waals surface area (Å²) >= 11 is 5.28. The van der Waals surface area contributed by atoms with Crippen molar-refractivity contribution in [3.63, 3.8) is 0 Å². The van der Waals surface area contributed by atoms with Gasteiger partial charge in [-0.1, -0.05) is 17.7 Å². The molecular formula is C11H15ClN2O3S. The number of alkyl halides is 1. The highest BCUT2D eigenvalue weighted by Gasteiger charge is 2.12. The van der Waals surface area contributed by atoms with E-state index in [1.807, 2.05) is 6.92 Å². The van der Waals surface area contributed by atoms with Crippen LogP contribution < -0.4 is 10.0 Å². The van der Waals surface area contributed by atoms with Crippen LogP contribution in [0.3, 0.4) is 0 Å². The van der Waals surface area contributed by atoms with Crippen LogP contribution >= 0.6 is 11.6 Å². The van der Waals surface area contributed by atoms with Gasteiger partial charge in [0.1, 0.15) is 5.88 Å². The molecule has 1 rings (SSSR count). The van der Waals surface area contributed by atoms with Crippen LogP contribution in [0.15, 0.2) is 29.2 Å². The molecule has 0 aliphatic carbocycles. The number of nitrogens with one attached hydrogen (secondary N) is 2. The number of hydrogen-bond acceptors (Lipinski definition) is 3. The SMILES string of the molecule is Cc1ccc(S(=O)(=O)NCCNC(=O)CCl)cc1. The molecule has 1 aromatic carbocycles. The average molecular weight is 291 g/mol. The monoisotopic (exact) mass is 290 g/mol. The van der Waals surface area contributed by atoms with Crippen molar-refractivity contribution in [1.29, 1.82) is 0 Å². The van der Waals surface area contributed by atoms with Crippen LogP contribution in [0.1, 0.15) is 5.56 Å². The van der Waals surface area contributed by atoms with E-state index >= 15 is 0 Å². The molecule has 0 saturated heterocycles. The van der Waals surface area contributed by atoms with Gasteiger partial charge in [-0.2, -0.15) is 0 Å². The lowest BCUT2D eigenvalue weighted by Gasteiger charge is -2.07. The number of amides is 1. The smallest absolute Gasteiger partial charge is 0.240 e. The Morgan fingerprint density at radius 2 is 1.83 bits per heavy atom. The van der Waals surface area contributed by atoms with Crippen molar-refractivity contribution in [1.82, 2.24) is 10.0 Å². The first-order valence-electron chi connectivity index (χ1n) is 5.34. The maximum Gasteiger partial charge on any atom is 0.240 e. The highest BCUT2D eigenvalue weighted by molar-refractivity contribution is 7.89. The molecule has 0 aliphatic rings. The van der Waals surface area contributed by atoms with Gasteiger partial charge in [-0.05, 0) is 19.1 Å². The fourth-order valence-electron chi connectivity index (χ4n) is 1.24. The molecule has 1 aromatic rings. The largest absolute Gasteiger partial charge is 0.354 e. The molecule has 0 heterocycles. The number of halogens is 1. The van der Waals surface area contributed by atoms with E-state index in [1.165, 1.54) is 12.1 Å². The lowest BCUT2D eigenvalue weighted by molar-refractivity contribution is -0.118. The van der Waals surface area contributed by atoms with Gasteiger partial charge < -0.3 is 5.32 Å². The maximum atomic E-state index is 11.8. The average Bonchev–Trinajstić information content (AvgIpc) is 2.35. The van der Waals surface area contributed by atoms with Crippen LogP contribution in [0, 0.1) is 6.92 Å². The Bertz CT molecular complexity index is 500. The predicted molar refractivity (Wildman–Crippen MR) is 70.1 cm³/mol. The van der Waals surface area contributed by atoms with E-state index in [1.54, 1.807) is 12.1 Å². The summed E-state index contributed by atoms with van der Waals surface area (Å²) in [5, 5.41) is 2.47. The maximum absolute atomic E-state index is 11.8. The minimum Gasteiger partial charge on any atom is -0.354 e. The fourth-order valence-corrected chi connectivity index (χ4v) is 2.36. The second kappa shape index (κ2) is 6.72. The summed E-state index contributed by atoms with van der Waals surface area (Å²) in [4.78, 5) is 11.0. The van der Waals surface area contributed by atoms with Crippen LogP contribution in [0.2, 0.25) is 0 Å². The molecule has 0 aliphatic heterocycles. The first kappa shape index (κ1) is 14.9. The van der Waals surface area contributed by atoms with Crippen molar-refractivity contribution in [3.05, 3.63) is 29.8 Å². The summed E-state index contributed by atoms with van der Waals surface area (Å²) in [6, 6.07) is 6.53. The van der Waals surface area contributed by atoms with E-state index in [9.17, 15) is 13.2 Å². The quantitative estimate of drug-likeness (QED) is 0.596. The Morgan fingerprint density at radius 1 is 1.22 bits per heavy atom. The van der Waals surface area contributed by atoms with Crippen molar-refractivity contribution < 1.29 is 13.2 Å². The molecule has 0 radical (unpaired) electrons.